The number of carbonyl (C=O) groups is 1. The molecule has 0 aliphatic heterocycles. The second kappa shape index (κ2) is 6.42. The van der Waals surface area contributed by atoms with Crippen LogP contribution in [0, 0.1) is 11.8 Å². The van der Waals surface area contributed by atoms with E-state index in [1.54, 1.807) is 6.92 Å². The van der Waals surface area contributed by atoms with Gasteiger partial charge in [0.25, 0.3) is 0 Å². The second-order valence-corrected chi connectivity index (χ2v) is 7.72. The maximum absolute atomic E-state index is 11.8. The molecule has 0 heterocycles. The Morgan fingerprint density at radius 3 is 2.00 bits per heavy atom. The third kappa shape index (κ3) is 2.59. The fourth-order valence-corrected chi connectivity index (χ4v) is 4.86. The zero-order chi connectivity index (χ0) is 18.4. The van der Waals surface area contributed by atoms with Gasteiger partial charge in [0.2, 0.25) is 0 Å². The Labute approximate surface area is 155 Å². The molecule has 2 atom stereocenters. The summed E-state index contributed by atoms with van der Waals surface area (Å²) in [5, 5.41) is 9.96. The average molecular weight is 346 g/mol. The van der Waals surface area contributed by atoms with Gasteiger partial charge in [0.1, 0.15) is 5.75 Å². The average Bonchev–Trinajstić information content (AvgIpc) is 2.65. The number of hydrogen-bond donors (Lipinski definition) is 1. The van der Waals surface area contributed by atoms with Crippen molar-refractivity contribution in [3.05, 3.63) is 64.2 Å². The highest BCUT2D eigenvalue weighted by Gasteiger charge is 2.35. The molecule has 134 valence electrons. The first-order chi connectivity index (χ1) is 12.5. The van der Waals surface area contributed by atoms with Gasteiger partial charge in [-0.1, -0.05) is 32.0 Å². The minimum atomic E-state index is 0.136. The zero-order valence-electron chi connectivity index (χ0n) is 15.8. The number of Topliss-reactive ketones (excluding diaryl/α,β-unsaturated/α-hetero) is 1. The lowest BCUT2D eigenvalue weighted by Gasteiger charge is -2.38. The van der Waals surface area contributed by atoms with E-state index in [-0.39, 0.29) is 5.78 Å². The van der Waals surface area contributed by atoms with Gasteiger partial charge in [0, 0.05) is 5.56 Å². The molecule has 0 spiro atoms. The van der Waals surface area contributed by atoms with Crippen LogP contribution in [-0.4, -0.2) is 10.9 Å². The molecule has 0 unspecified atom stereocenters. The van der Waals surface area contributed by atoms with Gasteiger partial charge in [-0.05, 0) is 96.0 Å². The van der Waals surface area contributed by atoms with Crippen LogP contribution in [0.15, 0.2) is 36.4 Å². The van der Waals surface area contributed by atoms with Gasteiger partial charge in [0.05, 0.1) is 0 Å². The summed E-state index contributed by atoms with van der Waals surface area (Å²) in [6, 6.07) is 12.1. The van der Waals surface area contributed by atoms with Crippen molar-refractivity contribution in [2.45, 2.75) is 46.5 Å². The number of fused-ring (bicyclic) bond motifs is 4. The molecular weight excluding hydrogens is 320 g/mol. The monoisotopic (exact) mass is 346 g/mol. The Balaban J connectivity index is 1.98. The van der Waals surface area contributed by atoms with Gasteiger partial charge in [-0.2, -0.15) is 0 Å². The van der Waals surface area contributed by atoms with E-state index in [0.717, 1.165) is 31.2 Å². The SMILES string of the molecule is CC[C@@H]1Cc2cc(O)ccc2C2=C1c1ccc(C(C)=O)cc1C[C@@H]2CC. The topological polar surface area (TPSA) is 37.3 Å². The number of benzene rings is 2. The summed E-state index contributed by atoms with van der Waals surface area (Å²) in [7, 11) is 0. The summed E-state index contributed by atoms with van der Waals surface area (Å²) in [6.45, 7) is 6.15. The van der Waals surface area contributed by atoms with Crippen molar-refractivity contribution in [2.75, 3.05) is 0 Å². The highest BCUT2D eigenvalue weighted by Crippen LogP contribution is 2.50. The molecule has 0 saturated carbocycles. The Morgan fingerprint density at radius 2 is 1.46 bits per heavy atom. The van der Waals surface area contributed by atoms with Gasteiger partial charge in [-0.3, -0.25) is 4.79 Å². The molecule has 2 nitrogen and oxygen atoms in total. The first-order valence-electron chi connectivity index (χ1n) is 9.74. The zero-order valence-corrected chi connectivity index (χ0v) is 15.8. The number of ketones is 1. The smallest absolute Gasteiger partial charge is 0.159 e. The summed E-state index contributed by atoms with van der Waals surface area (Å²) >= 11 is 0. The summed E-state index contributed by atoms with van der Waals surface area (Å²) in [5.74, 6) is 1.43. The molecule has 1 N–H and O–H groups in total. The third-order valence-corrected chi connectivity index (χ3v) is 6.21. The number of carbonyl (C=O) groups excluding carboxylic acids is 1. The Bertz CT molecular complexity index is 920. The minimum absolute atomic E-state index is 0.136. The molecule has 0 aromatic heterocycles. The van der Waals surface area contributed by atoms with E-state index in [4.69, 9.17) is 0 Å². The normalized spacial score (nSPS) is 21.0. The van der Waals surface area contributed by atoms with E-state index in [0.29, 0.717) is 17.6 Å². The van der Waals surface area contributed by atoms with Crippen molar-refractivity contribution in [3.8, 4) is 5.75 Å². The number of allylic oxidation sites excluding steroid dienone is 2. The largest absolute Gasteiger partial charge is 0.508 e. The summed E-state index contributed by atoms with van der Waals surface area (Å²) in [5.41, 5.74) is 9.02. The van der Waals surface area contributed by atoms with Crippen molar-refractivity contribution in [2.24, 2.45) is 11.8 Å². The van der Waals surface area contributed by atoms with Crippen molar-refractivity contribution in [3.63, 3.8) is 0 Å². The second-order valence-electron chi connectivity index (χ2n) is 7.72. The molecular formula is C24H26O2. The van der Waals surface area contributed by atoms with E-state index < -0.39 is 0 Å². The van der Waals surface area contributed by atoms with Gasteiger partial charge in [0.15, 0.2) is 5.78 Å². The van der Waals surface area contributed by atoms with Crippen molar-refractivity contribution < 1.29 is 9.90 Å². The van der Waals surface area contributed by atoms with Crippen molar-refractivity contribution in [1.29, 1.82) is 0 Å². The van der Waals surface area contributed by atoms with Crippen LogP contribution in [0.5, 0.6) is 5.75 Å². The molecule has 0 bridgehead atoms. The number of aromatic hydroxyl groups is 1. The van der Waals surface area contributed by atoms with Gasteiger partial charge >= 0.3 is 0 Å². The number of phenols is 1. The molecule has 0 amide bonds. The van der Waals surface area contributed by atoms with Crippen molar-refractivity contribution >= 4 is 16.9 Å². The first kappa shape index (κ1) is 17.1. The van der Waals surface area contributed by atoms with Crippen LogP contribution in [0.1, 0.15) is 66.2 Å². The molecule has 2 aliphatic rings. The van der Waals surface area contributed by atoms with E-state index in [1.165, 1.54) is 33.4 Å². The lowest BCUT2D eigenvalue weighted by atomic mass is 9.65. The Morgan fingerprint density at radius 1 is 0.923 bits per heavy atom. The quantitative estimate of drug-likeness (QED) is 0.727. The molecule has 2 heteroatoms. The predicted octanol–water partition coefficient (Wildman–Crippen LogP) is 5.67. The molecule has 2 aromatic carbocycles. The van der Waals surface area contributed by atoms with Crippen LogP contribution in [0.2, 0.25) is 0 Å². The summed E-state index contributed by atoms with van der Waals surface area (Å²) in [6.07, 6.45) is 4.13. The van der Waals surface area contributed by atoms with Gasteiger partial charge < -0.3 is 5.11 Å². The summed E-state index contributed by atoms with van der Waals surface area (Å²) in [4.78, 5) is 11.8. The molecule has 26 heavy (non-hydrogen) atoms. The van der Waals surface area contributed by atoms with Gasteiger partial charge in [-0.15, -0.1) is 0 Å². The van der Waals surface area contributed by atoms with E-state index in [2.05, 4.69) is 32.0 Å². The third-order valence-electron chi connectivity index (χ3n) is 6.21. The van der Waals surface area contributed by atoms with E-state index in [9.17, 15) is 9.90 Å². The number of hydrogen-bond acceptors (Lipinski definition) is 2. The lowest BCUT2D eigenvalue weighted by molar-refractivity contribution is 0.101. The standard InChI is InChI=1S/C24H26O2/c1-4-15-10-18-12-17(14(3)25)6-8-21(18)23-16(5-2)11-19-13-20(26)7-9-22(19)24(15)23/h6-9,12-13,15-16,26H,4-5,10-11H2,1-3H3/t15-,16+/m0/s1. The maximum atomic E-state index is 11.8. The first-order valence-corrected chi connectivity index (χ1v) is 9.74. The van der Waals surface area contributed by atoms with Crippen LogP contribution in [0.25, 0.3) is 11.1 Å². The molecule has 2 aliphatic carbocycles. The molecule has 2 aromatic rings. The molecule has 0 saturated heterocycles. The fourth-order valence-electron chi connectivity index (χ4n) is 4.86. The Hall–Kier alpha value is -2.35. The van der Waals surface area contributed by atoms with E-state index >= 15 is 0 Å². The molecule has 4 rings (SSSR count). The van der Waals surface area contributed by atoms with Crippen LogP contribution < -0.4 is 0 Å². The van der Waals surface area contributed by atoms with E-state index in [1.807, 2.05) is 18.2 Å². The fraction of sp³-hybridized carbons (Fsp3) is 0.375. The lowest BCUT2D eigenvalue weighted by Crippen LogP contribution is -2.24. The highest BCUT2D eigenvalue weighted by atomic mass is 16.3. The number of phenolic OH excluding ortho intramolecular Hbond substituents is 1. The van der Waals surface area contributed by atoms with Crippen LogP contribution in [0.3, 0.4) is 0 Å². The number of rotatable bonds is 3. The van der Waals surface area contributed by atoms with Crippen LogP contribution >= 0.6 is 0 Å². The predicted molar refractivity (Wildman–Crippen MR) is 106 cm³/mol. The van der Waals surface area contributed by atoms with Crippen molar-refractivity contribution in [1.82, 2.24) is 0 Å². The maximum Gasteiger partial charge on any atom is 0.159 e. The summed E-state index contributed by atoms with van der Waals surface area (Å²) < 4.78 is 0. The Kier molecular flexibility index (Phi) is 4.22. The van der Waals surface area contributed by atoms with Gasteiger partial charge in [-0.25, -0.2) is 0 Å². The molecule has 0 radical (unpaired) electrons. The minimum Gasteiger partial charge on any atom is -0.508 e. The van der Waals surface area contributed by atoms with Crippen LogP contribution in [-0.2, 0) is 12.8 Å². The van der Waals surface area contributed by atoms with Crippen LogP contribution in [0.4, 0.5) is 0 Å². The highest BCUT2D eigenvalue weighted by molar-refractivity contribution is 6.00. The molecule has 0 fully saturated rings.